The maximum atomic E-state index is 4.50. The fourth-order valence-electron chi connectivity index (χ4n) is 1.71. The van der Waals surface area contributed by atoms with Gasteiger partial charge in [-0.2, -0.15) is 4.98 Å². The molecule has 0 radical (unpaired) electrons. The van der Waals surface area contributed by atoms with Crippen molar-refractivity contribution in [2.75, 3.05) is 23.8 Å². The number of pyridine rings is 1. The minimum absolute atomic E-state index is 0.641. The summed E-state index contributed by atoms with van der Waals surface area (Å²) in [4.78, 5) is 14.8. The predicted molar refractivity (Wildman–Crippen MR) is 80.2 cm³/mol. The Balaban J connectivity index is 2.18. The summed E-state index contributed by atoms with van der Waals surface area (Å²) >= 11 is 3.49. The van der Waals surface area contributed by atoms with Crippen LogP contribution in [0.4, 0.5) is 11.8 Å². The van der Waals surface area contributed by atoms with Gasteiger partial charge in [0.05, 0.1) is 4.47 Å². The number of rotatable bonds is 5. The van der Waals surface area contributed by atoms with Gasteiger partial charge in [0.2, 0.25) is 5.95 Å². The summed E-state index contributed by atoms with van der Waals surface area (Å²) < 4.78 is 0.880. The van der Waals surface area contributed by atoms with Crippen molar-refractivity contribution in [3.05, 3.63) is 40.8 Å². The minimum atomic E-state index is 0.641. The summed E-state index contributed by atoms with van der Waals surface area (Å²) in [6, 6.07) is 3.99. The lowest BCUT2D eigenvalue weighted by Gasteiger charge is -2.20. The number of aromatic nitrogens is 3. The van der Waals surface area contributed by atoms with Gasteiger partial charge in [0.1, 0.15) is 5.82 Å². The van der Waals surface area contributed by atoms with Crippen LogP contribution in [0.1, 0.15) is 12.5 Å². The molecule has 6 heteroatoms. The van der Waals surface area contributed by atoms with E-state index >= 15 is 0 Å². The van der Waals surface area contributed by atoms with Crippen molar-refractivity contribution >= 4 is 27.7 Å². The van der Waals surface area contributed by atoms with Crippen molar-refractivity contribution in [2.45, 2.75) is 13.5 Å². The molecule has 0 saturated heterocycles. The van der Waals surface area contributed by atoms with Crippen molar-refractivity contribution in [2.24, 2.45) is 0 Å². The number of hydrogen-bond donors (Lipinski definition) is 1. The van der Waals surface area contributed by atoms with Crippen LogP contribution in [0.3, 0.4) is 0 Å². The SMILES string of the molecule is CCNc1ncc(Br)c(N(C)Cc2ccncc2)n1. The molecule has 0 atom stereocenters. The summed E-state index contributed by atoms with van der Waals surface area (Å²) in [7, 11) is 2.00. The highest BCUT2D eigenvalue weighted by Crippen LogP contribution is 2.24. The van der Waals surface area contributed by atoms with Crippen molar-refractivity contribution in [3.63, 3.8) is 0 Å². The Bertz CT molecular complexity index is 532. The first kappa shape index (κ1) is 13.7. The standard InChI is InChI=1S/C13H16BrN5/c1-3-16-13-17-8-11(14)12(18-13)19(2)9-10-4-6-15-7-5-10/h4-8H,3,9H2,1-2H3,(H,16,17,18). The Kier molecular flexibility index (Phi) is 4.68. The molecule has 0 unspecified atom stereocenters. The highest BCUT2D eigenvalue weighted by Gasteiger charge is 2.10. The van der Waals surface area contributed by atoms with E-state index in [1.807, 2.05) is 26.1 Å². The van der Waals surface area contributed by atoms with Crippen LogP contribution in [-0.4, -0.2) is 28.5 Å². The van der Waals surface area contributed by atoms with Gasteiger partial charge in [-0.3, -0.25) is 4.98 Å². The Labute approximate surface area is 121 Å². The molecular formula is C13H16BrN5. The van der Waals surface area contributed by atoms with Crippen molar-refractivity contribution in [1.82, 2.24) is 15.0 Å². The highest BCUT2D eigenvalue weighted by atomic mass is 79.9. The van der Waals surface area contributed by atoms with Crippen LogP contribution in [0.5, 0.6) is 0 Å². The number of anilines is 2. The fourth-order valence-corrected chi connectivity index (χ4v) is 2.20. The molecule has 0 aliphatic heterocycles. The van der Waals surface area contributed by atoms with Crippen LogP contribution < -0.4 is 10.2 Å². The van der Waals surface area contributed by atoms with Gasteiger partial charge in [0.25, 0.3) is 0 Å². The van der Waals surface area contributed by atoms with E-state index in [-0.39, 0.29) is 0 Å². The first-order valence-electron chi connectivity index (χ1n) is 6.07. The van der Waals surface area contributed by atoms with E-state index in [0.717, 1.165) is 23.4 Å². The van der Waals surface area contributed by atoms with Crippen LogP contribution in [0.25, 0.3) is 0 Å². The summed E-state index contributed by atoms with van der Waals surface area (Å²) in [5.41, 5.74) is 1.19. The third-order valence-electron chi connectivity index (χ3n) is 2.59. The van der Waals surface area contributed by atoms with Gasteiger partial charge in [0.15, 0.2) is 0 Å². The average Bonchev–Trinajstić information content (AvgIpc) is 2.42. The van der Waals surface area contributed by atoms with E-state index in [4.69, 9.17) is 0 Å². The van der Waals surface area contributed by atoms with Gasteiger partial charge in [-0.1, -0.05) is 0 Å². The van der Waals surface area contributed by atoms with E-state index in [9.17, 15) is 0 Å². The molecule has 2 aromatic rings. The molecule has 1 N–H and O–H groups in total. The molecule has 2 heterocycles. The van der Waals surface area contributed by atoms with Crippen LogP contribution in [0.2, 0.25) is 0 Å². The quantitative estimate of drug-likeness (QED) is 0.917. The largest absolute Gasteiger partial charge is 0.354 e. The maximum absolute atomic E-state index is 4.50. The van der Waals surface area contributed by atoms with Crippen molar-refractivity contribution in [1.29, 1.82) is 0 Å². The van der Waals surface area contributed by atoms with Gasteiger partial charge in [0, 0.05) is 38.7 Å². The summed E-state index contributed by atoms with van der Waals surface area (Å²) in [6.45, 7) is 3.59. The maximum Gasteiger partial charge on any atom is 0.224 e. The minimum Gasteiger partial charge on any atom is -0.354 e. The second-order valence-corrected chi connectivity index (χ2v) is 4.96. The zero-order valence-corrected chi connectivity index (χ0v) is 12.6. The zero-order valence-electron chi connectivity index (χ0n) is 11.0. The topological polar surface area (TPSA) is 53.9 Å². The van der Waals surface area contributed by atoms with Crippen LogP contribution in [-0.2, 0) is 6.54 Å². The van der Waals surface area contributed by atoms with Gasteiger partial charge in [-0.25, -0.2) is 4.98 Å². The summed E-state index contributed by atoms with van der Waals surface area (Å²) in [6.07, 6.45) is 5.36. The second-order valence-electron chi connectivity index (χ2n) is 4.11. The third kappa shape index (κ3) is 3.64. The molecule has 2 rings (SSSR count). The zero-order chi connectivity index (χ0) is 13.7. The van der Waals surface area contributed by atoms with Gasteiger partial charge in [-0.15, -0.1) is 0 Å². The Morgan fingerprint density at radius 1 is 1.32 bits per heavy atom. The van der Waals surface area contributed by atoms with E-state index in [0.29, 0.717) is 5.95 Å². The molecule has 0 bridgehead atoms. The molecule has 0 fully saturated rings. The predicted octanol–water partition coefficient (Wildman–Crippen LogP) is 2.70. The Morgan fingerprint density at radius 3 is 2.74 bits per heavy atom. The smallest absolute Gasteiger partial charge is 0.224 e. The molecule has 0 saturated carbocycles. The molecular weight excluding hydrogens is 306 g/mol. The summed E-state index contributed by atoms with van der Waals surface area (Å²) in [5, 5.41) is 3.11. The van der Waals surface area contributed by atoms with E-state index in [1.165, 1.54) is 5.56 Å². The monoisotopic (exact) mass is 321 g/mol. The van der Waals surface area contributed by atoms with E-state index < -0.39 is 0 Å². The van der Waals surface area contributed by atoms with Crippen LogP contribution >= 0.6 is 15.9 Å². The number of hydrogen-bond acceptors (Lipinski definition) is 5. The third-order valence-corrected chi connectivity index (χ3v) is 3.15. The average molecular weight is 322 g/mol. The fraction of sp³-hybridized carbons (Fsp3) is 0.308. The molecule has 0 aliphatic rings. The molecule has 2 aromatic heterocycles. The van der Waals surface area contributed by atoms with Gasteiger partial charge >= 0.3 is 0 Å². The van der Waals surface area contributed by atoms with Gasteiger partial charge in [-0.05, 0) is 40.5 Å². The molecule has 0 aromatic carbocycles. The Hall–Kier alpha value is -1.69. The highest BCUT2D eigenvalue weighted by molar-refractivity contribution is 9.10. The summed E-state index contributed by atoms with van der Waals surface area (Å²) in [5.74, 6) is 1.50. The van der Waals surface area contributed by atoms with E-state index in [2.05, 4.69) is 41.1 Å². The van der Waals surface area contributed by atoms with E-state index in [1.54, 1.807) is 18.6 Å². The molecule has 0 amide bonds. The molecule has 19 heavy (non-hydrogen) atoms. The number of nitrogens with zero attached hydrogens (tertiary/aromatic N) is 4. The molecule has 5 nitrogen and oxygen atoms in total. The van der Waals surface area contributed by atoms with Gasteiger partial charge < -0.3 is 10.2 Å². The van der Waals surface area contributed by atoms with Crippen LogP contribution in [0.15, 0.2) is 35.2 Å². The molecule has 0 aliphatic carbocycles. The normalized spacial score (nSPS) is 10.3. The molecule has 100 valence electrons. The number of halogens is 1. The lowest BCUT2D eigenvalue weighted by molar-refractivity contribution is 0.883. The lowest BCUT2D eigenvalue weighted by atomic mass is 10.2. The van der Waals surface area contributed by atoms with Crippen molar-refractivity contribution < 1.29 is 0 Å². The first-order valence-corrected chi connectivity index (χ1v) is 6.86. The molecule has 0 spiro atoms. The number of nitrogens with one attached hydrogen (secondary N) is 1. The lowest BCUT2D eigenvalue weighted by Crippen LogP contribution is -2.19. The first-order chi connectivity index (χ1) is 9.20. The van der Waals surface area contributed by atoms with Crippen LogP contribution in [0, 0.1) is 0 Å². The Morgan fingerprint density at radius 2 is 2.05 bits per heavy atom. The second kappa shape index (κ2) is 6.47. The van der Waals surface area contributed by atoms with Crippen molar-refractivity contribution in [3.8, 4) is 0 Å².